The van der Waals surface area contributed by atoms with E-state index in [1.165, 1.54) is 18.5 Å². The molecule has 110 valence electrons. The number of benzene rings is 1. The number of nitrogens with zero attached hydrogens (tertiary/aromatic N) is 2. The Kier molecular flexibility index (Phi) is 3.50. The fourth-order valence-corrected chi connectivity index (χ4v) is 3.39. The number of aromatic nitrogens is 2. The maximum Gasteiger partial charge on any atom is 0.266 e. The lowest BCUT2D eigenvalue weighted by atomic mass is 10.1. The molecule has 2 aromatic rings. The van der Waals surface area contributed by atoms with Gasteiger partial charge in [-0.05, 0) is 31.4 Å². The summed E-state index contributed by atoms with van der Waals surface area (Å²) < 4.78 is 33.0. The van der Waals surface area contributed by atoms with Crippen molar-refractivity contribution in [3.8, 4) is 5.75 Å². The molecule has 0 amide bonds. The lowest BCUT2D eigenvalue weighted by Gasteiger charge is -2.20. The average molecular weight is 305 g/mol. The summed E-state index contributed by atoms with van der Waals surface area (Å²) in [5.74, 6) is 0.630. The first-order valence-electron chi connectivity index (χ1n) is 6.62. The molecule has 0 spiro atoms. The molecule has 1 N–H and O–H groups in total. The highest BCUT2D eigenvalue weighted by molar-refractivity contribution is 7.92. The van der Waals surface area contributed by atoms with Gasteiger partial charge in [0.25, 0.3) is 10.0 Å². The van der Waals surface area contributed by atoms with Crippen molar-refractivity contribution in [1.29, 1.82) is 0 Å². The van der Waals surface area contributed by atoms with E-state index in [0.29, 0.717) is 12.4 Å². The second kappa shape index (κ2) is 5.33. The normalized spacial score (nSPS) is 14.1. The lowest BCUT2D eigenvalue weighted by molar-refractivity contribution is 0.280. The minimum atomic E-state index is -3.75. The van der Waals surface area contributed by atoms with E-state index < -0.39 is 10.0 Å². The smallest absolute Gasteiger partial charge is 0.266 e. The fourth-order valence-electron chi connectivity index (χ4n) is 2.21. The predicted molar refractivity (Wildman–Crippen MR) is 77.8 cm³/mol. The molecule has 1 aliphatic heterocycles. The zero-order valence-corrected chi connectivity index (χ0v) is 12.4. The molecule has 1 aromatic carbocycles. The number of fused-ring (bicyclic) bond motifs is 1. The van der Waals surface area contributed by atoms with Gasteiger partial charge in [-0.1, -0.05) is 12.1 Å². The van der Waals surface area contributed by atoms with Crippen LogP contribution in [0.25, 0.3) is 0 Å². The Morgan fingerprint density at radius 2 is 2.10 bits per heavy atom. The molecule has 21 heavy (non-hydrogen) atoms. The Morgan fingerprint density at radius 1 is 1.24 bits per heavy atom. The third-order valence-corrected chi connectivity index (χ3v) is 4.59. The number of para-hydroxylation sites is 1. The zero-order chi connectivity index (χ0) is 14.9. The van der Waals surface area contributed by atoms with E-state index >= 15 is 0 Å². The monoisotopic (exact) mass is 305 g/mol. The van der Waals surface area contributed by atoms with Crippen molar-refractivity contribution < 1.29 is 13.2 Å². The Balaban J connectivity index is 1.97. The van der Waals surface area contributed by atoms with Crippen LogP contribution in [0.1, 0.15) is 17.7 Å². The molecule has 2 heterocycles. The van der Waals surface area contributed by atoms with Gasteiger partial charge < -0.3 is 4.74 Å². The highest BCUT2D eigenvalue weighted by Gasteiger charge is 2.24. The standard InChI is InChI=1S/C14H15N3O3S/c1-10-8-16-13(9-15-10)17-21(18,19)12-6-2-4-11-5-3-7-20-14(11)12/h2,4,6,8-9H,3,5,7H2,1H3,(H,16,17). The van der Waals surface area contributed by atoms with Crippen molar-refractivity contribution >= 4 is 15.8 Å². The van der Waals surface area contributed by atoms with Crippen LogP contribution in [0.3, 0.4) is 0 Å². The summed E-state index contributed by atoms with van der Waals surface area (Å²) in [7, 11) is -3.75. The number of aryl methyl sites for hydroxylation is 2. The largest absolute Gasteiger partial charge is 0.492 e. The minimum Gasteiger partial charge on any atom is -0.492 e. The van der Waals surface area contributed by atoms with Crippen LogP contribution in [-0.4, -0.2) is 25.0 Å². The van der Waals surface area contributed by atoms with Crippen molar-refractivity contribution in [2.24, 2.45) is 0 Å². The molecule has 6 nitrogen and oxygen atoms in total. The van der Waals surface area contributed by atoms with E-state index in [9.17, 15) is 8.42 Å². The van der Waals surface area contributed by atoms with Crippen molar-refractivity contribution in [3.05, 3.63) is 41.9 Å². The van der Waals surface area contributed by atoms with Gasteiger partial charge in [-0.3, -0.25) is 9.71 Å². The van der Waals surface area contributed by atoms with E-state index in [-0.39, 0.29) is 10.7 Å². The van der Waals surface area contributed by atoms with E-state index in [1.54, 1.807) is 13.0 Å². The van der Waals surface area contributed by atoms with Crippen molar-refractivity contribution in [2.75, 3.05) is 11.3 Å². The van der Waals surface area contributed by atoms with Crippen LogP contribution in [0.2, 0.25) is 0 Å². The Morgan fingerprint density at radius 3 is 2.86 bits per heavy atom. The van der Waals surface area contributed by atoms with Gasteiger partial charge in [0.15, 0.2) is 5.82 Å². The topological polar surface area (TPSA) is 81.2 Å². The minimum absolute atomic E-state index is 0.141. The van der Waals surface area contributed by atoms with Gasteiger partial charge in [0.1, 0.15) is 10.6 Å². The van der Waals surface area contributed by atoms with E-state index in [0.717, 1.165) is 24.1 Å². The average Bonchev–Trinajstić information content (AvgIpc) is 2.49. The van der Waals surface area contributed by atoms with Crippen LogP contribution in [0.15, 0.2) is 35.5 Å². The first-order chi connectivity index (χ1) is 10.1. The maximum atomic E-state index is 12.5. The Hall–Kier alpha value is -2.15. The second-order valence-corrected chi connectivity index (χ2v) is 6.50. The van der Waals surface area contributed by atoms with Gasteiger partial charge >= 0.3 is 0 Å². The molecule has 0 atom stereocenters. The third kappa shape index (κ3) is 2.82. The molecule has 1 aromatic heterocycles. The first kappa shape index (κ1) is 13.8. The number of sulfonamides is 1. The predicted octanol–water partition coefficient (Wildman–Crippen LogP) is 1.91. The van der Waals surface area contributed by atoms with E-state index in [4.69, 9.17) is 4.74 Å². The van der Waals surface area contributed by atoms with Crippen molar-refractivity contribution in [1.82, 2.24) is 9.97 Å². The molecule has 0 bridgehead atoms. The van der Waals surface area contributed by atoms with Crippen molar-refractivity contribution in [2.45, 2.75) is 24.7 Å². The third-order valence-electron chi connectivity index (χ3n) is 3.21. The molecule has 7 heteroatoms. The molecule has 0 radical (unpaired) electrons. The van der Waals surface area contributed by atoms with E-state index in [1.807, 2.05) is 6.07 Å². The van der Waals surface area contributed by atoms with Gasteiger partial charge in [-0.2, -0.15) is 0 Å². The highest BCUT2D eigenvalue weighted by Crippen LogP contribution is 2.32. The van der Waals surface area contributed by atoms with E-state index in [2.05, 4.69) is 14.7 Å². The molecule has 3 rings (SSSR count). The number of nitrogens with one attached hydrogen (secondary N) is 1. The maximum absolute atomic E-state index is 12.5. The Bertz CT molecular complexity index is 758. The summed E-state index contributed by atoms with van der Waals surface area (Å²) in [6, 6.07) is 5.15. The second-order valence-electron chi connectivity index (χ2n) is 4.84. The van der Waals surface area contributed by atoms with Gasteiger partial charge in [0.2, 0.25) is 0 Å². The molecule has 0 saturated carbocycles. The molecule has 1 aliphatic rings. The number of hydrogen-bond donors (Lipinski definition) is 1. The molecule has 0 unspecified atom stereocenters. The summed E-state index contributed by atoms with van der Waals surface area (Å²) >= 11 is 0. The molecule has 0 aliphatic carbocycles. The molecule has 0 fully saturated rings. The van der Waals surface area contributed by atoms with Crippen LogP contribution < -0.4 is 9.46 Å². The zero-order valence-electron chi connectivity index (χ0n) is 11.5. The number of rotatable bonds is 3. The highest BCUT2D eigenvalue weighted by atomic mass is 32.2. The van der Waals surface area contributed by atoms with Crippen molar-refractivity contribution in [3.63, 3.8) is 0 Å². The van der Waals surface area contributed by atoms with Gasteiger partial charge in [-0.25, -0.2) is 13.4 Å². The quantitative estimate of drug-likeness (QED) is 0.937. The molecular formula is C14H15N3O3S. The SMILES string of the molecule is Cc1cnc(NS(=O)(=O)c2cccc3c2OCCC3)cn1. The van der Waals surface area contributed by atoms with Crippen LogP contribution in [0, 0.1) is 6.92 Å². The number of hydrogen-bond acceptors (Lipinski definition) is 5. The van der Waals surface area contributed by atoms with Crippen LogP contribution >= 0.6 is 0 Å². The Labute approximate surface area is 123 Å². The van der Waals surface area contributed by atoms with Crippen LogP contribution in [0.4, 0.5) is 5.82 Å². The summed E-state index contributed by atoms with van der Waals surface area (Å²) in [5.41, 5.74) is 1.64. The van der Waals surface area contributed by atoms with Crippen LogP contribution in [-0.2, 0) is 16.4 Å². The summed E-state index contributed by atoms with van der Waals surface area (Å²) in [5, 5.41) is 0. The lowest BCUT2D eigenvalue weighted by Crippen LogP contribution is -2.18. The van der Waals surface area contributed by atoms with Gasteiger partial charge in [0, 0.05) is 0 Å². The molecular weight excluding hydrogens is 290 g/mol. The summed E-state index contributed by atoms with van der Waals surface area (Å²) in [4.78, 5) is 8.17. The number of anilines is 1. The number of ether oxygens (including phenoxy) is 1. The summed E-state index contributed by atoms with van der Waals surface area (Å²) in [6.07, 6.45) is 4.62. The fraction of sp³-hybridized carbons (Fsp3) is 0.286. The van der Waals surface area contributed by atoms with Gasteiger partial charge in [0.05, 0.1) is 24.7 Å². The van der Waals surface area contributed by atoms with Crippen LogP contribution in [0.5, 0.6) is 5.75 Å². The molecule has 0 saturated heterocycles. The summed E-state index contributed by atoms with van der Waals surface area (Å²) in [6.45, 7) is 2.32. The van der Waals surface area contributed by atoms with Gasteiger partial charge in [-0.15, -0.1) is 0 Å². The first-order valence-corrected chi connectivity index (χ1v) is 8.11.